The molecule has 99 heavy (non-hydrogen) atoms. The first kappa shape index (κ1) is 65.2. The Kier molecular flexibility index (Phi) is 17.1. The Hall–Kier alpha value is -11.1. The van der Waals surface area contributed by atoms with Gasteiger partial charge in [0.15, 0.2) is 11.2 Å². The van der Waals surface area contributed by atoms with E-state index < -0.39 is 40.7 Å². The molecule has 500 valence electrons. The van der Waals surface area contributed by atoms with Crippen molar-refractivity contribution in [3.63, 3.8) is 0 Å². The lowest BCUT2D eigenvalue weighted by Gasteiger charge is -2.38. The van der Waals surface area contributed by atoms with E-state index in [1.54, 1.807) is 21.9 Å². The van der Waals surface area contributed by atoms with Gasteiger partial charge in [-0.05, 0) is 185 Å². The Bertz CT molecular complexity index is 4550. The van der Waals surface area contributed by atoms with E-state index in [0.717, 1.165) is 69.0 Å². The summed E-state index contributed by atoms with van der Waals surface area (Å²) in [5.41, 5.74) is 13.0. The summed E-state index contributed by atoms with van der Waals surface area (Å²) >= 11 is 0. The van der Waals surface area contributed by atoms with E-state index in [2.05, 4.69) is 75.6 Å². The highest BCUT2D eigenvalue weighted by atomic mass is 16.6. The third kappa shape index (κ3) is 11.0. The van der Waals surface area contributed by atoms with Crippen molar-refractivity contribution in [2.45, 2.75) is 112 Å². The molecule has 4 aliphatic rings. The highest BCUT2D eigenvalue weighted by Gasteiger charge is 2.56. The first-order chi connectivity index (χ1) is 47.9. The van der Waals surface area contributed by atoms with E-state index in [0.29, 0.717) is 116 Å². The second kappa shape index (κ2) is 26.0. The Labute approximate surface area is 578 Å². The van der Waals surface area contributed by atoms with Crippen LogP contribution in [0.4, 0.5) is 55.1 Å². The van der Waals surface area contributed by atoms with Crippen LogP contribution in [0.5, 0.6) is 23.0 Å². The molecule has 0 aliphatic carbocycles. The molecular formula is C85H80N4O10. The molecule has 10 aromatic rings. The number of hydrogen-bond acceptors (Lipinski definition) is 12. The average molecular weight is 1320 g/mol. The second-order valence-corrected chi connectivity index (χ2v) is 26.5. The number of rotatable bonds is 18. The number of carbonyl (C=O) groups excluding carboxylic acids is 4. The first-order valence-corrected chi connectivity index (χ1v) is 34.4. The Balaban J connectivity index is 0.810. The molecule has 0 radical (unpaired) electrons. The van der Waals surface area contributed by atoms with Gasteiger partial charge in [-0.2, -0.15) is 0 Å². The van der Waals surface area contributed by atoms with Gasteiger partial charge in [0.25, 0.3) is 0 Å². The SMILES string of the molecule is CCCCOC(=O)N(c1ccc(C(C)(C)c2ccc(N(C(=O)OCCCC)c3cc4c(cc3C)Oc3cc(N(CC)c5ccccc5C)ccc3C43OC(=O)c4ccccc43)cc2)cc1)c1cc2c(cc1C)Oc1cc(N(CC)c3ccccc3C)ccc1C21OC(=O)c2ccccc21. The number of hydrogen-bond donors (Lipinski definition) is 0. The van der Waals surface area contributed by atoms with Crippen molar-refractivity contribution in [1.29, 1.82) is 0 Å². The van der Waals surface area contributed by atoms with Gasteiger partial charge in [-0.3, -0.25) is 0 Å². The summed E-state index contributed by atoms with van der Waals surface area (Å²) < 4.78 is 39.5. The van der Waals surface area contributed by atoms with Gasteiger partial charge in [0.1, 0.15) is 23.0 Å². The monoisotopic (exact) mass is 1320 g/mol. The highest BCUT2D eigenvalue weighted by Crippen LogP contribution is 2.60. The Morgan fingerprint density at radius 2 is 0.758 bits per heavy atom. The summed E-state index contributed by atoms with van der Waals surface area (Å²) in [6, 6.07) is 67.0. The van der Waals surface area contributed by atoms with Crippen LogP contribution in [0.1, 0.15) is 155 Å². The van der Waals surface area contributed by atoms with Crippen LogP contribution >= 0.6 is 0 Å². The molecule has 10 aromatic carbocycles. The predicted octanol–water partition coefficient (Wildman–Crippen LogP) is 20.8. The van der Waals surface area contributed by atoms with Crippen molar-refractivity contribution in [1.82, 2.24) is 0 Å². The van der Waals surface area contributed by atoms with Crippen molar-refractivity contribution in [2.24, 2.45) is 0 Å². The van der Waals surface area contributed by atoms with Gasteiger partial charge in [0.05, 0.1) is 47.1 Å². The van der Waals surface area contributed by atoms with E-state index in [1.807, 2.05) is 198 Å². The molecule has 14 heteroatoms. The average Bonchev–Trinajstić information content (AvgIpc) is 1.59. The zero-order valence-electron chi connectivity index (χ0n) is 57.7. The maximum Gasteiger partial charge on any atom is 0.418 e. The topological polar surface area (TPSA) is 137 Å². The molecule has 4 aliphatic heterocycles. The molecule has 0 fully saturated rings. The van der Waals surface area contributed by atoms with Crippen LogP contribution in [-0.4, -0.2) is 50.4 Å². The number of anilines is 8. The smallest absolute Gasteiger partial charge is 0.418 e. The summed E-state index contributed by atoms with van der Waals surface area (Å²) in [6.45, 7) is 22.5. The summed E-state index contributed by atoms with van der Waals surface area (Å²) in [6.07, 6.45) is 1.87. The van der Waals surface area contributed by atoms with Crippen LogP contribution in [0.3, 0.4) is 0 Å². The van der Waals surface area contributed by atoms with Gasteiger partial charge < -0.3 is 38.2 Å². The maximum absolute atomic E-state index is 14.9. The van der Waals surface area contributed by atoms with Crippen molar-refractivity contribution >= 4 is 69.6 Å². The molecule has 4 heterocycles. The number of aryl methyl sites for hydroxylation is 4. The number of unbranched alkanes of at least 4 members (excludes halogenated alkanes) is 2. The largest absolute Gasteiger partial charge is 0.456 e. The lowest BCUT2D eigenvalue weighted by molar-refractivity contribution is 0.0214. The van der Waals surface area contributed by atoms with Crippen molar-refractivity contribution < 1.29 is 47.6 Å². The van der Waals surface area contributed by atoms with Crippen LogP contribution < -0.4 is 29.1 Å². The van der Waals surface area contributed by atoms with Crippen LogP contribution in [-0.2, 0) is 35.6 Å². The molecule has 0 saturated heterocycles. The summed E-state index contributed by atoms with van der Waals surface area (Å²) in [5, 5.41) is 0. The number of para-hydroxylation sites is 2. The van der Waals surface area contributed by atoms with Gasteiger partial charge in [0.2, 0.25) is 0 Å². The lowest BCUT2D eigenvalue weighted by Crippen LogP contribution is -2.34. The number of esters is 2. The molecule has 2 amide bonds. The maximum atomic E-state index is 14.9. The van der Waals surface area contributed by atoms with E-state index >= 15 is 0 Å². The third-order valence-electron chi connectivity index (χ3n) is 20.1. The quantitative estimate of drug-likeness (QED) is 0.0459. The number of amides is 2. The van der Waals surface area contributed by atoms with Gasteiger partial charge in [-0.25, -0.2) is 29.0 Å². The van der Waals surface area contributed by atoms with Crippen molar-refractivity contribution in [3.05, 3.63) is 284 Å². The zero-order valence-corrected chi connectivity index (χ0v) is 57.7. The van der Waals surface area contributed by atoms with E-state index in [-0.39, 0.29) is 13.2 Å². The van der Waals surface area contributed by atoms with Crippen LogP contribution in [0.2, 0.25) is 0 Å². The number of benzene rings is 10. The number of carbonyl (C=O) groups is 4. The molecule has 2 atom stereocenters. The molecule has 0 N–H and O–H groups in total. The minimum atomic E-state index is -1.43. The summed E-state index contributed by atoms with van der Waals surface area (Å²) in [5.74, 6) is 1.15. The van der Waals surface area contributed by atoms with E-state index in [1.165, 1.54) is 0 Å². The fourth-order valence-electron chi connectivity index (χ4n) is 14.8. The minimum Gasteiger partial charge on any atom is -0.456 e. The van der Waals surface area contributed by atoms with Gasteiger partial charge in [0, 0.05) is 86.8 Å². The number of nitrogens with zero attached hydrogens (tertiary/aromatic N) is 4. The summed E-state index contributed by atoms with van der Waals surface area (Å²) in [7, 11) is 0. The number of ether oxygens (including phenoxy) is 6. The molecule has 2 spiro atoms. The predicted molar refractivity (Wildman–Crippen MR) is 388 cm³/mol. The summed E-state index contributed by atoms with van der Waals surface area (Å²) in [4.78, 5) is 65.8. The van der Waals surface area contributed by atoms with Crippen LogP contribution in [0, 0.1) is 27.7 Å². The fraction of sp³-hybridized carbons (Fsp3) is 0.247. The molecule has 0 saturated carbocycles. The lowest BCUT2D eigenvalue weighted by atomic mass is 9.77. The fourth-order valence-corrected chi connectivity index (χ4v) is 14.8. The standard InChI is InChI=1S/C85H80N4O10/c1-11-15-45-94-81(92)88(73-51-69-75(47-55(73)7)96-77-49-61(86(13-3)71-31-23-17-25-53(71)5)41-43-67(77)84(69)65-29-21-19-27-63(65)79(90)98-84)59-37-33-57(34-38-59)83(9,10)58-35-39-60(40-36-58)89(82(93)95-46-16-12-2)74-52-70-76(48-56(74)8)97-78-50-62(87(14-4)72-32-24-18-26-54(72)6)42-44-68(78)85(70)66-30-22-20-28-64(66)80(91)99-85/h17-44,47-52H,11-16,45-46H2,1-10H3. The molecule has 0 bridgehead atoms. The van der Waals surface area contributed by atoms with Crippen LogP contribution in [0.15, 0.2) is 206 Å². The minimum absolute atomic E-state index is 0.213. The molecule has 0 aromatic heterocycles. The van der Waals surface area contributed by atoms with Gasteiger partial charge in [-0.15, -0.1) is 0 Å². The normalized spacial score (nSPS) is 15.8. The highest BCUT2D eigenvalue weighted by molar-refractivity contribution is 6.01. The zero-order chi connectivity index (χ0) is 69.1. The Morgan fingerprint density at radius 1 is 0.394 bits per heavy atom. The molecular weight excluding hydrogens is 1240 g/mol. The first-order valence-electron chi connectivity index (χ1n) is 34.4. The van der Waals surface area contributed by atoms with Crippen molar-refractivity contribution in [2.75, 3.05) is 45.9 Å². The third-order valence-corrected chi connectivity index (χ3v) is 20.1. The Morgan fingerprint density at radius 3 is 1.14 bits per heavy atom. The molecule has 2 unspecified atom stereocenters. The van der Waals surface area contributed by atoms with Gasteiger partial charge in [-0.1, -0.05) is 138 Å². The molecule has 14 nitrogen and oxygen atoms in total. The van der Waals surface area contributed by atoms with Crippen LogP contribution in [0.25, 0.3) is 0 Å². The van der Waals surface area contributed by atoms with E-state index in [9.17, 15) is 19.2 Å². The van der Waals surface area contributed by atoms with Crippen molar-refractivity contribution in [3.8, 4) is 23.0 Å². The van der Waals surface area contributed by atoms with Gasteiger partial charge >= 0.3 is 24.1 Å². The second-order valence-electron chi connectivity index (χ2n) is 26.5. The molecule has 14 rings (SSSR count). The van der Waals surface area contributed by atoms with E-state index in [4.69, 9.17) is 28.4 Å². The number of fused-ring (bicyclic) bond motifs is 12.